The van der Waals surface area contributed by atoms with Crippen molar-refractivity contribution in [3.8, 4) is 0 Å². The minimum absolute atomic E-state index is 0.0521. The number of nitrogens with zero attached hydrogens (tertiary/aromatic N) is 2. The second-order valence-corrected chi connectivity index (χ2v) is 11.9. The van der Waals surface area contributed by atoms with Gasteiger partial charge in [-0.1, -0.05) is 60.8 Å². The molecule has 0 aromatic heterocycles. The van der Waals surface area contributed by atoms with Crippen molar-refractivity contribution in [2.24, 2.45) is 5.92 Å². The molecule has 2 aromatic rings. The summed E-state index contributed by atoms with van der Waals surface area (Å²) in [6.45, 7) is 9.31. The van der Waals surface area contributed by atoms with Crippen molar-refractivity contribution in [3.63, 3.8) is 0 Å². The van der Waals surface area contributed by atoms with E-state index in [0.717, 1.165) is 21.7 Å². The van der Waals surface area contributed by atoms with Gasteiger partial charge in [0, 0.05) is 13.1 Å². The van der Waals surface area contributed by atoms with Crippen LogP contribution in [-0.4, -0.2) is 50.5 Å². The number of halogens is 2. The Labute approximate surface area is 218 Å². The third-order valence-electron chi connectivity index (χ3n) is 5.49. The molecule has 0 fully saturated rings. The summed E-state index contributed by atoms with van der Waals surface area (Å²) in [6.07, 6.45) is 1.06. The summed E-state index contributed by atoms with van der Waals surface area (Å²) in [6, 6.07) is 9.43. The highest BCUT2D eigenvalue weighted by Gasteiger charge is 2.30. The Morgan fingerprint density at radius 3 is 2.20 bits per heavy atom. The maximum Gasteiger partial charge on any atom is 0.244 e. The molecule has 1 N–H and O–H groups in total. The van der Waals surface area contributed by atoms with Gasteiger partial charge in [-0.3, -0.25) is 13.9 Å². The highest BCUT2D eigenvalue weighted by atomic mass is 35.5. The van der Waals surface area contributed by atoms with E-state index in [9.17, 15) is 18.0 Å². The molecular formula is C25H33Cl2N3O4S. The second-order valence-electron chi connectivity index (χ2n) is 9.14. The number of carbonyl (C=O) groups is 2. The van der Waals surface area contributed by atoms with Crippen molar-refractivity contribution in [2.45, 2.75) is 47.2 Å². The first-order valence-corrected chi connectivity index (χ1v) is 13.9. The standard InChI is InChI=1S/C25H33Cl2N3O4S/c1-16(2)13-28-25(32)19(5)29(14-20-8-9-21(26)22(27)12-20)24(31)15-30(35(6,33)34)23-10-7-17(3)11-18(23)4/h7-12,16,19H,13-15H2,1-6H3,(H,28,32)/t19-/m0/s1. The van der Waals surface area contributed by atoms with Crippen molar-refractivity contribution in [3.05, 3.63) is 63.1 Å². The normalized spacial score (nSPS) is 12.4. The van der Waals surface area contributed by atoms with Crippen LogP contribution in [0.5, 0.6) is 0 Å². The predicted molar refractivity (Wildman–Crippen MR) is 142 cm³/mol. The maximum absolute atomic E-state index is 13.6. The zero-order chi connectivity index (χ0) is 26.5. The molecule has 35 heavy (non-hydrogen) atoms. The number of sulfonamides is 1. The smallest absolute Gasteiger partial charge is 0.244 e. The highest BCUT2D eigenvalue weighted by Crippen LogP contribution is 2.26. The molecule has 0 heterocycles. The number of carbonyl (C=O) groups excluding carboxylic acids is 2. The number of hydrogen-bond acceptors (Lipinski definition) is 4. The molecule has 0 aliphatic rings. The molecule has 2 rings (SSSR count). The van der Waals surface area contributed by atoms with Crippen LogP contribution in [0.2, 0.25) is 10.0 Å². The lowest BCUT2D eigenvalue weighted by molar-refractivity contribution is -0.139. The first-order valence-electron chi connectivity index (χ1n) is 11.3. The topological polar surface area (TPSA) is 86.8 Å². The van der Waals surface area contributed by atoms with Crippen molar-refractivity contribution < 1.29 is 18.0 Å². The van der Waals surface area contributed by atoms with Gasteiger partial charge in [0.05, 0.1) is 22.0 Å². The van der Waals surface area contributed by atoms with E-state index >= 15 is 0 Å². The van der Waals surface area contributed by atoms with Gasteiger partial charge in [0.15, 0.2) is 0 Å². The molecule has 0 unspecified atom stereocenters. The summed E-state index contributed by atoms with van der Waals surface area (Å²) >= 11 is 12.2. The molecule has 0 aliphatic carbocycles. The van der Waals surface area contributed by atoms with E-state index in [1.165, 1.54) is 4.90 Å². The third-order valence-corrected chi connectivity index (χ3v) is 7.35. The van der Waals surface area contributed by atoms with Gasteiger partial charge in [0.1, 0.15) is 12.6 Å². The first kappa shape index (κ1) is 28.9. The van der Waals surface area contributed by atoms with E-state index in [2.05, 4.69) is 5.32 Å². The first-order chi connectivity index (χ1) is 16.2. The molecule has 0 bridgehead atoms. The average molecular weight is 543 g/mol. The van der Waals surface area contributed by atoms with Crippen LogP contribution >= 0.6 is 23.2 Å². The van der Waals surface area contributed by atoms with Crippen LogP contribution in [0.15, 0.2) is 36.4 Å². The largest absolute Gasteiger partial charge is 0.354 e. The lowest BCUT2D eigenvalue weighted by atomic mass is 10.1. The van der Waals surface area contributed by atoms with E-state index in [-0.39, 0.29) is 18.4 Å². The number of aryl methyl sites for hydroxylation is 2. The van der Waals surface area contributed by atoms with Gasteiger partial charge in [-0.15, -0.1) is 0 Å². The second kappa shape index (κ2) is 12.1. The summed E-state index contributed by atoms with van der Waals surface area (Å²) in [7, 11) is -3.79. The van der Waals surface area contributed by atoms with Gasteiger partial charge >= 0.3 is 0 Å². The Morgan fingerprint density at radius 2 is 1.66 bits per heavy atom. The van der Waals surface area contributed by atoms with Gasteiger partial charge < -0.3 is 10.2 Å². The Bertz CT molecular complexity index is 1190. The molecule has 0 spiro atoms. The van der Waals surface area contributed by atoms with Crippen molar-refractivity contribution >= 4 is 50.7 Å². The van der Waals surface area contributed by atoms with Crippen LogP contribution in [0, 0.1) is 19.8 Å². The van der Waals surface area contributed by atoms with Crippen LogP contribution in [0.25, 0.3) is 0 Å². The van der Waals surface area contributed by atoms with E-state index in [0.29, 0.717) is 27.8 Å². The highest BCUT2D eigenvalue weighted by molar-refractivity contribution is 7.92. The molecule has 2 amide bonds. The van der Waals surface area contributed by atoms with E-state index < -0.39 is 28.5 Å². The fourth-order valence-corrected chi connectivity index (χ4v) is 4.78. The van der Waals surface area contributed by atoms with Crippen LogP contribution in [0.1, 0.15) is 37.5 Å². The quantitative estimate of drug-likeness (QED) is 0.477. The number of amides is 2. The molecule has 0 radical (unpaired) electrons. The van der Waals surface area contributed by atoms with E-state index in [1.807, 2.05) is 26.8 Å². The molecule has 2 aromatic carbocycles. The molecule has 7 nitrogen and oxygen atoms in total. The van der Waals surface area contributed by atoms with Crippen LogP contribution in [0.3, 0.4) is 0 Å². The number of hydrogen-bond donors (Lipinski definition) is 1. The Morgan fingerprint density at radius 1 is 1.00 bits per heavy atom. The average Bonchev–Trinajstić information content (AvgIpc) is 2.75. The van der Waals surface area contributed by atoms with Gasteiger partial charge in [0.2, 0.25) is 21.8 Å². The van der Waals surface area contributed by atoms with Gasteiger partial charge in [-0.2, -0.15) is 0 Å². The van der Waals surface area contributed by atoms with Gasteiger partial charge in [-0.25, -0.2) is 8.42 Å². The van der Waals surface area contributed by atoms with Gasteiger partial charge in [-0.05, 0) is 56.0 Å². The zero-order valence-electron chi connectivity index (χ0n) is 20.9. The summed E-state index contributed by atoms with van der Waals surface area (Å²) < 4.78 is 26.5. The van der Waals surface area contributed by atoms with Crippen LogP contribution in [-0.2, 0) is 26.2 Å². The molecular weight excluding hydrogens is 509 g/mol. The number of benzene rings is 2. The fraction of sp³-hybridized carbons (Fsp3) is 0.440. The SMILES string of the molecule is Cc1ccc(N(CC(=O)N(Cc2ccc(Cl)c(Cl)c2)[C@@H](C)C(=O)NCC(C)C)S(C)(=O)=O)c(C)c1. The van der Waals surface area contributed by atoms with E-state index in [4.69, 9.17) is 23.2 Å². The number of rotatable bonds is 10. The molecule has 192 valence electrons. The molecule has 1 atom stereocenters. The molecule has 0 saturated heterocycles. The Kier molecular flexibility index (Phi) is 10.0. The van der Waals surface area contributed by atoms with Crippen LogP contribution in [0.4, 0.5) is 5.69 Å². The number of anilines is 1. The molecule has 10 heteroatoms. The fourth-order valence-electron chi connectivity index (χ4n) is 3.55. The van der Waals surface area contributed by atoms with Crippen molar-refractivity contribution in [1.29, 1.82) is 0 Å². The minimum Gasteiger partial charge on any atom is -0.354 e. The third kappa shape index (κ3) is 8.12. The monoisotopic (exact) mass is 541 g/mol. The lowest BCUT2D eigenvalue weighted by Gasteiger charge is -2.32. The van der Waals surface area contributed by atoms with Crippen molar-refractivity contribution in [1.82, 2.24) is 10.2 Å². The molecule has 0 aliphatic heterocycles. The minimum atomic E-state index is -3.79. The summed E-state index contributed by atoms with van der Waals surface area (Å²) in [5, 5.41) is 3.53. The zero-order valence-corrected chi connectivity index (χ0v) is 23.3. The lowest BCUT2D eigenvalue weighted by Crippen LogP contribution is -2.51. The summed E-state index contributed by atoms with van der Waals surface area (Å²) in [5.74, 6) is -0.617. The number of nitrogens with one attached hydrogen (secondary N) is 1. The van der Waals surface area contributed by atoms with Gasteiger partial charge in [0.25, 0.3) is 0 Å². The maximum atomic E-state index is 13.6. The Balaban J connectivity index is 2.42. The summed E-state index contributed by atoms with van der Waals surface area (Å²) in [4.78, 5) is 27.8. The molecule has 0 saturated carbocycles. The Hall–Kier alpha value is -2.29. The predicted octanol–water partition coefficient (Wildman–Crippen LogP) is 4.57. The summed E-state index contributed by atoms with van der Waals surface area (Å²) in [5.41, 5.74) is 2.77. The van der Waals surface area contributed by atoms with Crippen LogP contribution < -0.4 is 9.62 Å². The van der Waals surface area contributed by atoms with Crippen molar-refractivity contribution in [2.75, 3.05) is 23.7 Å². The van der Waals surface area contributed by atoms with E-state index in [1.54, 1.807) is 44.2 Å².